The van der Waals surface area contributed by atoms with E-state index in [1.165, 1.54) is 19.1 Å². The van der Waals surface area contributed by atoms with Gasteiger partial charge in [-0.2, -0.15) is 0 Å². The summed E-state index contributed by atoms with van der Waals surface area (Å²) < 4.78 is 16.1. The summed E-state index contributed by atoms with van der Waals surface area (Å²) in [7, 11) is 0. The fourth-order valence-electron chi connectivity index (χ4n) is 4.15. The second-order valence-corrected chi connectivity index (χ2v) is 8.25. The van der Waals surface area contributed by atoms with Crippen molar-refractivity contribution >= 4 is 23.9 Å². The van der Waals surface area contributed by atoms with E-state index < -0.39 is 17.9 Å². The van der Waals surface area contributed by atoms with Crippen LogP contribution < -0.4 is 4.74 Å². The molecule has 2 aliphatic carbocycles. The number of carbonyl (C=O) groups excluding carboxylic acids is 3. The van der Waals surface area contributed by atoms with Crippen molar-refractivity contribution in [2.45, 2.75) is 70.5 Å². The standard InChI is InChI=1S/C23H28O8/c1-14(24)29-18-10-4-16(5-11-18)22(27)31-20-12-6-17(7-13-20)23(28)30-19-8-2-15(3-9-19)21(25)26/h4-5,10-11,15,17,19-20H,2-3,6-9,12-13H2,1H3,(H,25,26). The highest BCUT2D eigenvalue weighted by Gasteiger charge is 2.33. The van der Waals surface area contributed by atoms with Crippen LogP contribution in [0.1, 0.15) is 68.6 Å². The maximum atomic E-state index is 12.5. The molecule has 168 valence electrons. The summed E-state index contributed by atoms with van der Waals surface area (Å²) in [5.41, 5.74) is 0.370. The van der Waals surface area contributed by atoms with Crippen LogP contribution in [0, 0.1) is 11.8 Å². The number of carboxylic acid groups (broad SMARTS) is 1. The maximum absolute atomic E-state index is 12.5. The molecule has 8 nitrogen and oxygen atoms in total. The minimum atomic E-state index is -0.780. The molecule has 1 aromatic carbocycles. The van der Waals surface area contributed by atoms with E-state index in [9.17, 15) is 19.2 Å². The fraction of sp³-hybridized carbons (Fsp3) is 0.565. The van der Waals surface area contributed by atoms with Gasteiger partial charge in [0.15, 0.2) is 0 Å². The summed E-state index contributed by atoms with van der Waals surface area (Å²) in [6.07, 6.45) is 4.16. The lowest BCUT2D eigenvalue weighted by molar-refractivity contribution is -0.158. The van der Waals surface area contributed by atoms with Gasteiger partial charge in [-0.1, -0.05) is 0 Å². The Kier molecular flexibility index (Phi) is 7.65. The fourth-order valence-corrected chi connectivity index (χ4v) is 4.15. The number of hydrogen-bond donors (Lipinski definition) is 1. The summed E-state index contributed by atoms with van der Waals surface area (Å²) in [4.78, 5) is 46.8. The molecule has 0 radical (unpaired) electrons. The first-order chi connectivity index (χ1) is 14.8. The summed E-state index contributed by atoms with van der Waals surface area (Å²) in [6.45, 7) is 1.30. The Bertz CT molecular complexity index is 799. The van der Waals surface area contributed by atoms with Crippen molar-refractivity contribution < 1.29 is 38.5 Å². The number of hydrogen-bond acceptors (Lipinski definition) is 7. The molecule has 0 bridgehead atoms. The Balaban J connectivity index is 1.40. The van der Waals surface area contributed by atoms with Gasteiger partial charge in [0.1, 0.15) is 18.0 Å². The van der Waals surface area contributed by atoms with Crippen molar-refractivity contribution in [2.24, 2.45) is 11.8 Å². The number of benzene rings is 1. The number of aliphatic carboxylic acids is 1. The molecule has 3 rings (SSSR count). The average molecular weight is 432 g/mol. The van der Waals surface area contributed by atoms with Crippen LogP contribution >= 0.6 is 0 Å². The Morgan fingerprint density at radius 2 is 1.29 bits per heavy atom. The summed E-state index contributed by atoms with van der Waals surface area (Å²) in [6, 6.07) is 6.16. The molecular weight excluding hydrogens is 404 g/mol. The first-order valence-electron chi connectivity index (χ1n) is 10.7. The maximum Gasteiger partial charge on any atom is 0.338 e. The van der Waals surface area contributed by atoms with Crippen LogP contribution in [0.25, 0.3) is 0 Å². The van der Waals surface area contributed by atoms with E-state index in [4.69, 9.17) is 19.3 Å². The molecule has 0 aliphatic heterocycles. The summed E-state index contributed by atoms with van der Waals surface area (Å²) in [5.74, 6) is -2.08. The smallest absolute Gasteiger partial charge is 0.338 e. The van der Waals surface area contributed by atoms with Crippen molar-refractivity contribution in [3.63, 3.8) is 0 Å². The van der Waals surface area contributed by atoms with Gasteiger partial charge in [-0.3, -0.25) is 14.4 Å². The molecular formula is C23H28O8. The van der Waals surface area contributed by atoms with Gasteiger partial charge in [0.2, 0.25) is 0 Å². The second kappa shape index (κ2) is 10.4. The number of carbonyl (C=O) groups is 4. The van der Waals surface area contributed by atoms with Crippen molar-refractivity contribution in [1.82, 2.24) is 0 Å². The molecule has 0 aromatic heterocycles. The van der Waals surface area contributed by atoms with E-state index in [1.807, 2.05) is 0 Å². The summed E-state index contributed by atoms with van der Waals surface area (Å²) >= 11 is 0. The highest BCUT2D eigenvalue weighted by atomic mass is 16.6. The van der Waals surface area contributed by atoms with Crippen molar-refractivity contribution in [1.29, 1.82) is 0 Å². The van der Waals surface area contributed by atoms with Crippen LogP contribution in [-0.2, 0) is 23.9 Å². The third-order valence-corrected chi connectivity index (χ3v) is 5.94. The third-order valence-electron chi connectivity index (χ3n) is 5.94. The van der Waals surface area contributed by atoms with Gasteiger partial charge in [-0.05, 0) is 75.6 Å². The quantitative estimate of drug-likeness (QED) is 0.536. The SMILES string of the molecule is CC(=O)Oc1ccc(C(=O)OC2CCC(C(=O)OC3CCC(C(=O)O)CC3)CC2)cc1. The van der Waals surface area contributed by atoms with Crippen molar-refractivity contribution in [3.8, 4) is 5.75 Å². The molecule has 0 spiro atoms. The molecule has 0 unspecified atom stereocenters. The Morgan fingerprint density at radius 3 is 1.81 bits per heavy atom. The normalized spacial score (nSPS) is 25.8. The molecule has 8 heteroatoms. The lowest BCUT2D eigenvalue weighted by Crippen LogP contribution is -2.33. The van der Waals surface area contributed by atoms with E-state index in [1.54, 1.807) is 12.1 Å². The van der Waals surface area contributed by atoms with Gasteiger partial charge < -0.3 is 19.3 Å². The molecule has 2 fully saturated rings. The first-order valence-corrected chi connectivity index (χ1v) is 10.7. The Hall–Kier alpha value is -2.90. The minimum absolute atomic E-state index is 0.200. The van der Waals surface area contributed by atoms with Gasteiger partial charge >= 0.3 is 23.9 Å². The van der Waals surface area contributed by atoms with Gasteiger partial charge in [0.05, 0.1) is 17.4 Å². The topological polar surface area (TPSA) is 116 Å². The van der Waals surface area contributed by atoms with Crippen LogP contribution in [-0.4, -0.2) is 41.2 Å². The van der Waals surface area contributed by atoms with Crippen LogP contribution in [0.5, 0.6) is 5.75 Å². The number of carboxylic acids is 1. The van der Waals surface area contributed by atoms with E-state index in [0.29, 0.717) is 62.7 Å². The zero-order valence-corrected chi connectivity index (χ0v) is 17.6. The Labute approximate surface area is 180 Å². The average Bonchev–Trinajstić information content (AvgIpc) is 2.74. The molecule has 2 saturated carbocycles. The number of esters is 3. The zero-order chi connectivity index (χ0) is 22.4. The van der Waals surface area contributed by atoms with Gasteiger partial charge in [0, 0.05) is 6.92 Å². The van der Waals surface area contributed by atoms with E-state index in [0.717, 1.165) is 0 Å². The largest absolute Gasteiger partial charge is 0.481 e. The lowest BCUT2D eigenvalue weighted by Gasteiger charge is -2.30. The van der Waals surface area contributed by atoms with Gasteiger partial charge in [0.25, 0.3) is 0 Å². The van der Waals surface area contributed by atoms with E-state index in [-0.39, 0.29) is 30.0 Å². The predicted molar refractivity (Wildman–Crippen MR) is 108 cm³/mol. The minimum Gasteiger partial charge on any atom is -0.481 e. The monoisotopic (exact) mass is 432 g/mol. The highest BCUT2D eigenvalue weighted by molar-refractivity contribution is 5.89. The zero-order valence-electron chi connectivity index (χ0n) is 17.6. The second-order valence-electron chi connectivity index (χ2n) is 8.25. The van der Waals surface area contributed by atoms with Crippen LogP contribution in [0.2, 0.25) is 0 Å². The molecule has 1 N–H and O–H groups in total. The van der Waals surface area contributed by atoms with Crippen LogP contribution in [0.15, 0.2) is 24.3 Å². The van der Waals surface area contributed by atoms with Gasteiger partial charge in [-0.25, -0.2) is 4.79 Å². The van der Waals surface area contributed by atoms with Crippen LogP contribution in [0.3, 0.4) is 0 Å². The number of ether oxygens (including phenoxy) is 3. The molecule has 1 aromatic rings. The van der Waals surface area contributed by atoms with E-state index >= 15 is 0 Å². The molecule has 0 saturated heterocycles. The molecule has 2 aliphatic rings. The Morgan fingerprint density at radius 1 is 0.774 bits per heavy atom. The molecule has 0 atom stereocenters. The third kappa shape index (κ3) is 6.54. The molecule has 31 heavy (non-hydrogen) atoms. The lowest BCUT2D eigenvalue weighted by atomic mass is 9.86. The highest BCUT2D eigenvalue weighted by Crippen LogP contribution is 2.31. The van der Waals surface area contributed by atoms with Crippen molar-refractivity contribution in [2.75, 3.05) is 0 Å². The molecule has 0 amide bonds. The summed E-state index contributed by atoms with van der Waals surface area (Å²) in [5, 5.41) is 9.05. The van der Waals surface area contributed by atoms with Crippen molar-refractivity contribution in [3.05, 3.63) is 29.8 Å². The number of rotatable bonds is 6. The van der Waals surface area contributed by atoms with Crippen LogP contribution in [0.4, 0.5) is 0 Å². The first kappa shape index (κ1) is 22.8. The van der Waals surface area contributed by atoms with Gasteiger partial charge in [-0.15, -0.1) is 0 Å². The molecule has 0 heterocycles. The predicted octanol–water partition coefficient (Wildman–Crippen LogP) is 3.51. The van der Waals surface area contributed by atoms with E-state index in [2.05, 4.69) is 0 Å².